The summed E-state index contributed by atoms with van der Waals surface area (Å²) >= 11 is 3.42. The van der Waals surface area contributed by atoms with Gasteiger partial charge in [0.15, 0.2) is 16.3 Å². The Hall–Kier alpha value is -5.19. The van der Waals surface area contributed by atoms with Crippen molar-refractivity contribution in [1.82, 2.24) is 4.57 Å². The minimum absolute atomic E-state index is 0.193. The number of nitrogens with one attached hydrogen (secondary N) is 1. The van der Waals surface area contributed by atoms with Crippen molar-refractivity contribution in [1.29, 1.82) is 5.26 Å². The van der Waals surface area contributed by atoms with Crippen LogP contribution in [-0.4, -0.2) is 24.7 Å². The zero-order valence-corrected chi connectivity index (χ0v) is 29.2. The first-order valence-electron chi connectivity index (χ1n) is 14.8. The van der Waals surface area contributed by atoms with Crippen molar-refractivity contribution in [2.24, 2.45) is 4.99 Å². The number of allylic oxidation sites excluding steroid dienone is 1. The molecule has 0 radical (unpaired) electrons. The van der Waals surface area contributed by atoms with Crippen LogP contribution in [0.2, 0.25) is 0 Å². The summed E-state index contributed by atoms with van der Waals surface area (Å²) in [5, 5.41) is 12.4. The molecule has 0 fully saturated rings. The fourth-order valence-electron chi connectivity index (χ4n) is 5.45. The first-order chi connectivity index (χ1) is 23.3. The topological polar surface area (TPSA) is 115 Å². The number of thiazole rings is 1. The highest BCUT2D eigenvalue weighted by Gasteiger charge is 2.32. The number of benzene rings is 4. The van der Waals surface area contributed by atoms with E-state index in [1.807, 2.05) is 78.9 Å². The first-order valence-corrected chi connectivity index (χ1v) is 16.7. The van der Waals surface area contributed by atoms with E-state index in [1.54, 1.807) is 43.9 Å². The van der Waals surface area contributed by atoms with E-state index in [4.69, 9.17) is 19.2 Å². The van der Waals surface area contributed by atoms with Crippen LogP contribution >= 0.6 is 33.9 Å². The van der Waals surface area contributed by atoms with Crippen molar-refractivity contribution in [2.75, 3.05) is 19.5 Å². The van der Waals surface area contributed by atoms with Crippen molar-refractivity contribution < 1.29 is 19.0 Å². The number of hydrogen-bond acceptors (Lipinski definition) is 8. The van der Waals surface area contributed by atoms with Crippen molar-refractivity contribution in [3.8, 4) is 23.3 Å². The molecular formula is C37H29IN4O5S. The van der Waals surface area contributed by atoms with E-state index in [0.717, 1.165) is 20.3 Å². The number of ether oxygens (including phenoxy) is 3. The van der Waals surface area contributed by atoms with E-state index >= 15 is 0 Å². The molecule has 48 heavy (non-hydrogen) atoms. The number of amides is 1. The van der Waals surface area contributed by atoms with Crippen LogP contribution in [0, 0.1) is 14.9 Å². The summed E-state index contributed by atoms with van der Waals surface area (Å²) in [6.07, 6.45) is 1.79. The Bertz CT molecular complexity index is 2270. The quantitative estimate of drug-likeness (QED) is 0.186. The van der Waals surface area contributed by atoms with E-state index in [-0.39, 0.29) is 18.1 Å². The number of hydrogen-bond donors (Lipinski definition) is 1. The molecular weight excluding hydrogens is 739 g/mol. The molecule has 0 spiro atoms. The number of halogens is 1. The van der Waals surface area contributed by atoms with Gasteiger partial charge in [0, 0.05) is 11.3 Å². The lowest BCUT2D eigenvalue weighted by molar-refractivity contribution is -0.113. The van der Waals surface area contributed by atoms with Gasteiger partial charge in [-0.1, -0.05) is 59.9 Å². The molecule has 6 rings (SSSR count). The van der Waals surface area contributed by atoms with Gasteiger partial charge in [0.25, 0.3) is 11.5 Å². The number of carbonyl (C=O) groups is 1. The Morgan fingerprint density at radius 1 is 1.04 bits per heavy atom. The normalized spacial score (nSPS) is 14.1. The number of anilines is 1. The number of nitriles is 1. The fraction of sp³-hybridized carbons (Fsp3) is 0.135. The molecule has 4 aromatic carbocycles. The van der Waals surface area contributed by atoms with Gasteiger partial charge in [0.05, 0.1) is 51.3 Å². The van der Waals surface area contributed by atoms with Gasteiger partial charge < -0.3 is 19.5 Å². The summed E-state index contributed by atoms with van der Waals surface area (Å²) in [5.74, 6) is 1.34. The summed E-state index contributed by atoms with van der Waals surface area (Å²) < 4.78 is 20.0. The number of nitrogens with zero attached hydrogens (tertiary/aromatic N) is 3. The molecule has 1 aliphatic rings. The molecule has 9 nitrogen and oxygen atoms in total. The highest BCUT2D eigenvalue weighted by molar-refractivity contribution is 14.1. The molecule has 2 heterocycles. The molecule has 0 unspecified atom stereocenters. The molecule has 0 saturated carbocycles. The van der Waals surface area contributed by atoms with Crippen LogP contribution < -0.4 is 34.4 Å². The van der Waals surface area contributed by atoms with Crippen LogP contribution in [0.4, 0.5) is 5.69 Å². The van der Waals surface area contributed by atoms with Crippen molar-refractivity contribution in [2.45, 2.75) is 19.6 Å². The number of para-hydroxylation sites is 1. The second-order valence-electron chi connectivity index (χ2n) is 10.8. The van der Waals surface area contributed by atoms with Crippen molar-refractivity contribution in [3.63, 3.8) is 0 Å². The van der Waals surface area contributed by atoms with Gasteiger partial charge in [-0.3, -0.25) is 14.2 Å². The van der Waals surface area contributed by atoms with Gasteiger partial charge >= 0.3 is 0 Å². The van der Waals surface area contributed by atoms with Crippen LogP contribution in [0.1, 0.15) is 35.2 Å². The molecule has 0 bridgehead atoms. The highest BCUT2D eigenvalue weighted by Crippen LogP contribution is 2.35. The average Bonchev–Trinajstić information content (AvgIpc) is 3.40. The Morgan fingerprint density at radius 2 is 1.77 bits per heavy atom. The molecule has 1 aliphatic heterocycles. The predicted molar refractivity (Wildman–Crippen MR) is 193 cm³/mol. The van der Waals surface area contributed by atoms with Crippen LogP contribution in [0.25, 0.3) is 6.08 Å². The molecule has 1 N–H and O–H groups in total. The fourth-order valence-corrected chi connectivity index (χ4v) is 7.28. The van der Waals surface area contributed by atoms with E-state index in [9.17, 15) is 14.9 Å². The average molecular weight is 769 g/mol. The third-order valence-corrected chi connectivity index (χ3v) is 9.57. The minimum Gasteiger partial charge on any atom is -0.497 e. The summed E-state index contributed by atoms with van der Waals surface area (Å²) in [6, 6.07) is 29.0. The number of carbonyl (C=O) groups excluding carboxylic acids is 1. The number of methoxy groups -OCH3 is 2. The highest BCUT2D eigenvalue weighted by atomic mass is 127. The van der Waals surface area contributed by atoms with Gasteiger partial charge in [-0.05, 0) is 89.2 Å². The van der Waals surface area contributed by atoms with Crippen LogP contribution in [0.15, 0.2) is 112 Å². The zero-order valence-electron chi connectivity index (χ0n) is 26.2. The molecule has 0 saturated heterocycles. The van der Waals surface area contributed by atoms with Gasteiger partial charge in [0.1, 0.15) is 12.4 Å². The lowest BCUT2D eigenvalue weighted by Gasteiger charge is -2.25. The molecule has 1 atom stereocenters. The minimum atomic E-state index is -0.722. The second kappa shape index (κ2) is 14.3. The van der Waals surface area contributed by atoms with Crippen LogP contribution in [0.3, 0.4) is 0 Å². The summed E-state index contributed by atoms with van der Waals surface area (Å²) in [4.78, 5) is 33.2. The SMILES string of the molecule is COc1ccc([C@@H]2C(C(=O)Nc3ccccc3)=C(C)N=c3s/c(=C/c4cc(I)c(OCc5ccccc5C#N)c(OC)c4)c(=O)n32)cc1. The predicted octanol–water partition coefficient (Wildman–Crippen LogP) is 5.95. The lowest BCUT2D eigenvalue weighted by atomic mass is 9.95. The third-order valence-electron chi connectivity index (χ3n) is 7.79. The third kappa shape index (κ3) is 6.62. The first kappa shape index (κ1) is 32.7. The zero-order chi connectivity index (χ0) is 33.8. The number of fused-ring (bicyclic) bond motifs is 1. The Morgan fingerprint density at radius 3 is 2.48 bits per heavy atom. The molecule has 5 aromatic rings. The number of rotatable bonds is 9. The summed E-state index contributed by atoms with van der Waals surface area (Å²) in [7, 11) is 3.14. The Balaban J connectivity index is 1.40. The molecule has 1 aromatic heterocycles. The maximum atomic E-state index is 14.2. The van der Waals surface area contributed by atoms with E-state index < -0.39 is 6.04 Å². The van der Waals surface area contributed by atoms with Crippen molar-refractivity contribution in [3.05, 3.63) is 148 Å². The standard InChI is InChI=1S/C37H29IN4O5S/c1-22-32(35(43)41-27-11-5-4-6-12-27)33(24-13-15-28(45-2)16-14-24)42-36(44)31(48-37(42)40-22)19-23-17-29(38)34(30(18-23)46-3)47-21-26-10-8-7-9-25(26)20-39/h4-19,33H,21H2,1-3H3,(H,41,43)/b31-19+/t33-/m1/s1. The second-order valence-corrected chi connectivity index (χ2v) is 12.9. The van der Waals surface area contributed by atoms with E-state index in [1.165, 1.54) is 11.3 Å². The van der Waals surface area contributed by atoms with Gasteiger partial charge in [-0.25, -0.2) is 4.99 Å². The Kier molecular flexibility index (Phi) is 9.75. The van der Waals surface area contributed by atoms with Gasteiger partial charge in [-0.2, -0.15) is 5.26 Å². The monoisotopic (exact) mass is 768 g/mol. The summed E-state index contributed by atoms with van der Waals surface area (Å²) in [6.45, 7) is 1.98. The van der Waals surface area contributed by atoms with Gasteiger partial charge in [0.2, 0.25) is 0 Å². The van der Waals surface area contributed by atoms with Crippen LogP contribution in [0.5, 0.6) is 17.2 Å². The van der Waals surface area contributed by atoms with E-state index in [0.29, 0.717) is 49.1 Å². The van der Waals surface area contributed by atoms with Gasteiger partial charge in [-0.15, -0.1) is 0 Å². The Labute approximate surface area is 294 Å². The lowest BCUT2D eigenvalue weighted by Crippen LogP contribution is -2.40. The molecule has 11 heteroatoms. The largest absolute Gasteiger partial charge is 0.497 e. The maximum absolute atomic E-state index is 14.2. The summed E-state index contributed by atoms with van der Waals surface area (Å²) in [5.41, 5.74) is 4.03. The maximum Gasteiger partial charge on any atom is 0.271 e. The molecule has 240 valence electrons. The molecule has 1 amide bonds. The van der Waals surface area contributed by atoms with E-state index in [2.05, 4.69) is 34.0 Å². The van der Waals surface area contributed by atoms with Crippen molar-refractivity contribution >= 4 is 51.6 Å². The van der Waals surface area contributed by atoms with Crippen LogP contribution in [-0.2, 0) is 11.4 Å². The molecule has 0 aliphatic carbocycles. The smallest absolute Gasteiger partial charge is 0.271 e. The number of aromatic nitrogens is 1.